The smallest absolute Gasteiger partial charge is 0.407 e. The molecule has 2 rings (SSSR count). The van der Waals surface area contributed by atoms with Crippen LogP contribution in [0.15, 0.2) is 48.5 Å². The van der Waals surface area contributed by atoms with Crippen molar-refractivity contribution in [3.8, 4) is 11.5 Å². The van der Waals surface area contributed by atoms with Gasteiger partial charge in [-0.2, -0.15) is 0 Å². The highest BCUT2D eigenvalue weighted by atomic mass is 16.5. The van der Waals surface area contributed by atoms with Crippen molar-refractivity contribution in [3.05, 3.63) is 59.7 Å². The Morgan fingerprint density at radius 3 is 2.13 bits per heavy atom. The lowest BCUT2D eigenvalue weighted by Crippen LogP contribution is -2.24. The van der Waals surface area contributed by atoms with Gasteiger partial charge in [-0.3, -0.25) is 0 Å². The van der Waals surface area contributed by atoms with Crippen molar-refractivity contribution >= 4 is 6.09 Å². The number of benzene rings is 2. The van der Waals surface area contributed by atoms with Gasteiger partial charge in [0, 0.05) is 18.5 Å². The third kappa shape index (κ3) is 4.92. The molecule has 0 saturated carbocycles. The molecule has 0 radical (unpaired) electrons. The zero-order chi connectivity index (χ0) is 16.5. The van der Waals surface area contributed by atoms with E-state index in [1.807, 2.05) is 48.5 Å². The first-order valence-electron chi connectivity index (χ1n) is 7.39. The van der Waals surface area contributed by atoms with Gasteiger partial charge in [-0.15, -0.1) is 0 Å². The monoisotopic (exact) mass is 315 g/mol. The van der Waals surface area contributed by atoms with Gasteiger partial charge in [0.15, 0.2) is 0 Å². The summed E-state index contributed by atoms with van der Waals surface area (Å²) in [7, 11) is 3.23. The summed E-state index contributed by atoms with van der Waals surface area (Å²) in [5.41, 5.74) is 1.91. The first-order chi connectivity index (χ1) is 11.2. The highest BCUT2D eigenvalue weighted by Gasteiger charge is 2.07. The molecule has 0 atom stereocenters. The van der Waals surface area contributed by atoms with Gasteiger partial charge in [-0.05, 0) is 17.7 Å². The molecule has 0 aliphatic heterocycles. The average Bonchev–Trinajstić information content (AvgIpc) is 2.60. The van der Waals surface area contributed by atoms with E-state index in [0.717, 1.165) is 22.6 Å². The van der Waals surface area contributed by atoms with Crippen molar-refractivity contribution in [2.24, 2.45) is 0 Å². The topological polar surface area (TPSA) is 56.8 Å². The van der Waals surface area contributed by atoms with Crippen molar-refractivity contribution < 1.29 is 19.0 Å². The molecule has 0 aromatic heterocycles. The molecule has 23 heavy (non-hydrogen) atoms. The maximum absolute atomic E-state index is 11.8. The van der Waals surface area contributed by atoms with Gasteiger partial charge in [0.05, 0.1) is 20.8 Å². The Balaban J connectivity index is 1.77. The number of nitrogens with one attached hydrogen (secondary N) is 1. The van der Waals surface area contributed by atoms with Crippen LogP contribution in [-0.4, -0.2) is 26.9 Å². The average molecular weight is 315 g/mol. The summed E-state index contributed by atoms with van der Waals surface area (Å²) in [6, 6.07) is 15.2. The molecule has 0 aliphatic rings. The first-order valence-corrected chi connectivity index (χ1v) is 7.39. The minimum atomic E-state index is -0.453. The first kappa shape index (κ1) is 16.7. The van der Waals surface area contributed by atoms with E-state index in [0.29, 0.717) is 13.0 Å². The Labute approximate surface area is 136 Å². The Bertz CT molecular complexity index is 642. The fourth-order valence-electron chi connectivity index (χ4n) is 2.23. The van der Waals surface area contributed by atoms with Crippen molar-refractivity contribution in [2.75, 3.05) is 20.8 Å². The zero-order valence-electron chi connectivity index (χ0n) is 13.4. The largest absolute Gasteiger partial charge is 0.496 e. The molecule has 0 spiro atoms. The molecular weight excluding hydrogens is 294 g/mol. The van der Waals surface area contributed by atoms with Crippen molar-refractivity contribution in [2.45, 2.75) is 13.0 Å². The van der Waals surface area contributed by atoms with Gasteiger partial charge >= 0.3 is 6.09 Å². The number of ether oxygens (including phenoxy) is 3. The molecule has 0 unspecified atom stereocenters. The summed E-state index contributed by atoms with van der Waals surface area (Å²) in [6.45, 7) is 0.648. The highest BCUT2D eigenvalue weighted by Crippen LogP contribution is 2.18. The van der Waals surface area contributed by atoms with Crippen LogP contribution in [0.5, 0.6) is 11.5 Å². The Morgan fingerprint density at radius 1 is 0.913 bits per heavy atom. The molecule has 0 fully saturated rings. The van der Waals surface area contributed by atoms with Gasteiger partial charge in [-0.25, -0.2) is 4.79 Å². The Hall–Kier alpha value is -2.69. The van der Waals surface area contributed by atoms with Crippen molar-refractivity contribution in [3.63, 3.8) is 0 Å². The summed E-state index contributed by atoms with van der Waals surface area (Å²) in [5.74, 6) is 1.53. The van der Waals surface area contributed by atoms with E-state index in [1.54, 1.807) is 14.2 Å². The maximum Gasteiger partial charge on any atom is 0.407 e. The molecular formula is C18H21NO4. The van der Waals surface area contributed by atoms with Crippen molar-refractivity contribution in [1.82, 2.24) is 5.32 Å². The highest BCUT2D eigenvalue weighted by molar-refractivity contribution is 5.67. The number of hydrogen-bond donors (Lipinski definition) is 1. The van der Waals surface area contributed by atoms with Crippen LogP contribution in [0.25, 0.3) is 0 Å². The van der Waals surface area contributed by atoms with Crippen LogP contribution in [0, 0.1) is 0 Å². The number of carbonyl (C=O) groups excluding carboxylic acids is 1. The standard InChI is InChI=1S/C18H21NO4/c1-21-16-9-5-3-7-14(16)11-12-23-18(20)19-13-15-8-4-6-10-17(15)22-2/h3-10H,11-13H2,1-2H3,(H,19,20). The van der Waals surface area contributed by atoms with Crippen LogP contribution in [-0.2, 0) is 17.7 Å². The number of para-hydroxylation sites is 2. The summed E-state index contributed by atoms with van der Waals surface area (Å²) >= 11 is 0. The van der Waals surface area contributed by atoms with E-state index in [-0.39, 0.29) is 6.61 Å². The lowest BCUT2D eigenvalue weighted by molar-refractivity contribution is 0.146. The van der Waals surface area contributed by atoms with Crippen LogP contribution >= 0.6 is 0 Å². The number of amides is 1. The lowest BCUT2D eigenvalue weighted by Gasteiger charge is -2.11. The summed E-state index contributed by atoms with van der Waals surface area (Å²) < 4.78 is 15.7. The maximum atomic E-state index is 11.8. The second-order valence-corrected chi connectivity index (χ2v) is 4.86. The van der Waals surface area contributed by atoms with Crippen LogP contribution in [0.3, 0.4) is 0 Å². The van der Waals surface area contributed by atoms with Crippen molar-refractivity contribution in [1.29, 1.82) is 0 Å². The lowest BCUT2D eigenvalue weighted by atomic mass is 10.1. The quantitative estimate of drug-likeness (QED) is 0.852. The van der Waals surface area contributed by atoms with Crippen LogP contribution < -0.4 is 14.8 Å². The molecule has 0 bridgehead atoms. The van der Waals surface area contributed by atoms with Gasteiger partial charge in [0.1, 0.15) is 11.5 Å². The van der Waals surface area contributed by atoms with Gasteiger partial charge in [0.2, 0.25) is 0 Å². The molecule has 5 heteroatoms. The second-order valence-electron chi connectivity index (χ2n) is 4.86. The van der Waals surface area contributed by atoms with E-state index in [1.165, 1.54) is 0 Å². The van der Waals surface area contributed by atoms with Gasteiger partial charge in [-0.1, -0.05) is 36.4 Å². The normalized spacial score (nSPS) is 10.0. The molecule has 1 N–H and O–H groups in total. The predicted octanol–water partition coefficient (Wildman–Crippen LogP) is 3.17. The van der Waals surface area contributed by atoms with Crippen LogP contribution in [0.1, 0.15) is 11.1 Å². The zero-order valence-corrected chi connectivity index (χ0v) is 13.4. The van der Waals surface area contributed by atoms with E-state index in [2.05, 4.69) is 5.32 Å². The number of rotatable bonds is 7. The van der Waals surface area contributed by atoms with E-state index < -0.39 is 6.09 Å². The third-order valence-corrected chi connectivity index (χ3v) is 3.41. The molecule has 2 aromatic carbocycles. The fraction of sp³-hybridized carbons (Fsp3) is 0.278. The molecule has 0 saturated heterocycles. The van der Waals surface area contributed by atoms with E-state index in [4.69, 9.17) is 14.2 Å². The Morgan fingerprint density at radius 2 is 1.48 bits per heavy atom. The summed E-state index contributed by atoms with van der Waals surface area (Å²) in [4.78, 5) is 11.8. The molecule has 5 nitrogen and oxygen atoms in total. The number of hydrogen-bond acceptors (Lipinski definition) is 4. The molecule has 1 amide bonds. The predicted molar refractivity (Wildman–Crippen MR) is 87.9 cm³/mol. The van der Waals surface area contributed by atoms with Crippen LogP contribution in [0.2, 0.25) is 0 Å². The molecule has 0 heterocycles. The Kier molecular flexibility index (Phi) is 6.29. The number of carbonyl (C=O) groups is 1. The molecule has 0 aliphatic carbocycles. The number of alkyl carbamates (subject to hydrolysis) is 1. The second kappa shape index (κ2) is 8.68. The summed E-state index contributed by atoms with van der Waals surface area (Å²) in [5, 5.41) is 2.72. The minimum absolute atomic E-state index is 0.290. The number of methoxy groups -OCH3 is 2. The molecule has 122 valence electrons. The van der Waals surface area contributed by atoms with E-state index >= 15 is 0 Å². The minimum Gasteiger partial charge on any atom is -0.496 e. The molecule has 2 aromatic rings. The van der Waals surface area contributed by atoms with Crippen LogP contribution in [0.4, 0.5) is 4.79 Å². The summed E-state index contributed by atoms with van der Waals surface area (Å²) in [6.07, 6.45) is 0.150. The van der Waals surface area contributed by atoms with E-state index in [9.17, 15) is 4.79 Å². The van der Waals surface area contributed by atoms with Gasteiger partial charge in [0.25, 0.3) is 0 Å². The van der Waals surface area contributed by atoms with Gasteiger partial charge < -0.3 is 19.5 Å². The third-order valence-electron chi connectivity index (χ3n) is 3.41. The fourth-order valence-corrected chi connectivity index (χ4v) is 2.23. The SMILES string of the molecule is COc1ccccc1CCOC(=O)NCc1ccccc1OC.